The summed E-state index contributed by atoms with van der Waals surface area (Å²) in [5.41, 5.74) is 7.31. The SMILES string of the molecule is Cc1nc(C2CCSC2)c(N)n1C(C)C. The largest absolute Gasteiger partial charge is 0.384 e. The molecule has 0 bridgehead atoms. The Morgan fingerprint density at radius 2 is 2.27 bits per heavy atom. The Kier molecular flexibility index (Phi) is 2.96. The summed E-state index contributed by atoms with van der Waals surface area (Å²) in [6.07, 6.45) is 1.23. The highest BCUT2D eigenvalue weighted by molar-refractivity contribution is 7.99. The number of nitrogen functional groups attached to an aromatic ring is 1. The van der Waals surface area contributed by atoms with Gasteiger partial charge in [0.1, 0.15) is 11.6 Å². The number of hydrogen-bond acceptors (Lipinski definition) is 3. The number of aryl methyl sites for hydroxylation is 1. The zero-order chi connectivity index (χ0) is 11.0. The lowest BCUT2D eigenvalue weighted by atomic mass is 10.1. The molecule has 1 saturated heterocycles. The second-order valence-corrected chi connectivity index (χ2v) is 5.60. The van der Waals surface area contributed by atoms with E-state index in [0.29, 0.717) is 12.0 Å². The summed E-state index contributed by atoms with van der Waals surface area (Å²) in [4.78, 5) is 4.64. The quantitative estimate of drug-likeness (QED) is 0.841. The number of rotatable bonds is 2. The molecular weight excluding hydrogens is 206 g/mol. The van der Waals surface area contributed by atoms with Crippen LogP contribution in [0.15, 0.2) is 0 Å². The lowest BCUT2D eigenvalue weighted by Gasteiger charge is -2.12. The second-order valence-electron chi connectivity index (χ2n) is 4.45. The van der Waals surface area contributed by atoms with E-state index >= 15 is 0 Å². The molecule has 1 fully saturated rings. The van der Waals surface area contributed by atoms with Crippen LogP contribution in [-0.2, 0) is 0 Å². The zero-order valence-electron chi connectivity index (χ0n) is 9.66. The van der Waals surface area contributed by atoms with Crippen molar-refractivity contribution in [2.45, 2.75) is 39.2 Å². The molecule has 1 aromatic rings. The fourth-order valence-corrected chi connectivity index (χ4v) is 3.51. The van der Waals surface area contributed by atoms with Crippen molar-refractivity contribution in [3.63, 3.8) is 0 Å². The Morgan fingerprint density at radius 1 is 1.53 bits per heavy atom. The van der Waals surface area contributed by atoms with Crippen LogP contribution in [0.25, 0.3) is 0 Å². The van der Waals surface area contributed by atoms with Crippen molar-refractivity contribution in [3.8, 4) is 0 Å². The van der Waals surface area contributed by atoms with Crippen LogP contribution in [0, 0.1) is 6.92 Å². The molecule has 0 radical (unpaired) electrons. The fourth-order valence-electron chi connectivity index (χ4n) is 2.29. The van der Waals surface area contributed by atoms with Gasteiger partial charge in [0.05, 0.1) is 5.69 Å². The molecule has 3 nitrogen and oxygen atoms in total. The number of nitrogens with zero attached hydrogens (tertiary/aromatic N) is 2. The van der Waals surface area contributed by atoms with E-state index in [0.717, 1.165) is 17.3 Å². The van der Waals surface area contributed by atoms with Gasteiger partial charge in [0, 0.05) is 17.7 Å². The Bertz CT molecular complexity index is 351. The number of thioether (sulfide) groups is 1. The smallest absolute Gasteiger partial charge is 0.127 e. The van der Waals surface area contributed by atoms with E-state index in [1.54, 1.807) is 0 Å². The molecule has 84 valence electrons. The van der Waals surface area contributed by atoms with Crippen molar-refractivity contribution < 1.29 is 0 Å². The van der Waals surface area contributed by atoms with Gasteiger partial charge in [-0.05, 0) is 32.9 Å². The zero-order valence-corrected chi connectivity index (χ0v) is 10.5. The number of anilines is 1. The maximum absolute atomic E-state index is 6.18. The van der Waals surface area contributed by atoms with Crippen LogP contribution >= 0.6 is 11.8 Å². The minimum atomic E-state index is 0.403. The van der Waals surface area contributed by atoms with Crippen LogP contribution in [0.1, 0.15) is 43.7 Å². The monoisotopic (exact) mass is 225 g/mol. The summed E-state index contributed by atoms with van der Waals surface area (Å²) >= 11 is 2.00. The molecule has 1 aliphatic rings. The molecule has 0 spiro atoms. The van der Waals surface area contributed by atoms with E-state index in [4.69, 9.17) is 5.73 Å². The molecule has 2 rings (SSSR count). The number of imidazole rings is 1. The topological polar surface area (TPSA) is 43.8 Å². The molecule has 4 heteroatoms. The van der Waals surface area contributed by atoms with Gasteiger partial charge in [-0.1, -0.05) is 0 Å². The van der Waals surface area contributed by atoms with E-state index < -0.39 is 0 Å². The van der Waals surface area contributed by atoms with E-state index in [-0.39, 0.29) is 0 Å². The third-order valence-corrected chi connectivity index (χ3v) is 4.15. The third-order valence-electron chi connectivity index (χ3n) is 2.99. The lowest BCUT2D eigenvalue weighted by Crippen LogP contribution is -2.08. The number of nitrogens with two attached hydrogens (primary N) is 1. The minimum Gasteiger partial charge on any atom is -0.384 e. The van der Waals surface area contributed by atoms with Crippen molar-refractivity contribution in [3.05, 3.63) is 11.5 Å². The average molecular weight is 225 g/mol. The highest BCUT2D eigenvalue weighted by Crippen LogP contribution is 2.35. The molecule has 15 heavy (non-hydrogen) atoms. The normalized spacial score (nSPS) is 21.5. The summed E-state index contributed by atoms with van der Waals surface area (Å²) in [5, 5.41) is 0. The predicted molar refractivity (Wildman–Crippen MR) is 66.4 cm³/mol. The van der Waals surface area contributed by atoms with Crippen LogP contribution in [0.3, 0.4) is 0 Å². The first-order chi connectivity index (χ1) is 7.11. The molecular formula is C11H19N3S. The molecule has 1 aromatic heterocycles. The third kappa shape index (κ3) is 1.87. The standard InChI is InChI=1S/C11H19N3S/c1-7(2)14-8(3)13-10(11(14)12)9-4-5-15-6-9/h7,9H,4-6,12H2,1-3H3. The highest BCUT2D eigenvalue weighted by atomic mass is 32.2. The molecule has 2 N–H and O–H groups in total. The van der Waals surface area contributed by atoms with Gasteiger partial charge in [-0.25, -0.2) is 4.98 Å². The summed E-state index contributed by atoms with van der Waals surface area (Å²) in [6, 6.07) is 0.403. The van der Waals surface area contributed by atoms with Crippen LogP contribution in [0.2, 0.25) is 0 Å². The van der Waals surface area contributed by atoms with Gasteiger partial charge in [-0.15, -0.1) is 0 Å². The fraction of sp³-hybridized carbons (Fsp3) is 0.727. The van der Waals surface area contributed by atoms with E-state index in [1.807, 2.05) is 18.7 Å². The summed E-state index contributed by atoms with van der Waals surface area (Å²) in [7, 11) is 0. The van der Waals surface area contributed by atoms with E-state index in [1.165, 1.54) is 17.9 Å². The van der Waals surface area contributed by atoms with E-state index in [9.17, 15) is 0 Å². The average Bonchev–Trinajstić information content (AvgIpc) is 2.72. The van der Waals surface area contributed by atoms with Gasteiger partial charge in [0.2, 0.25) is 0 Å². The van der Waals surface area contributed by atoms with Crippen molar-refractivity contribution >= 4 is 17.6 Å². The maximum Gasteiger partial charge on any atom is 0.127 e. The highest BCUT2D eigenvalue weighted by Gasteiger charge is 2.25. The van der Waals surface area contributed by atoms with Gasteiger partial charge >= 0.3 is 0 Å². The first kappa shape index (κ1) is 10.9. The maximum atomic E-state index is 6.18. The van der Waals surface area contributed by atoms with Gasteiger partial charge in [-0.2, -0.15) is 11.8 Å². The molecule has 0 aliphatic carbocycles. The predicted octanol–water partition coefficient (Wildman–Crippen LogP) is 2.58. The van der Waals surface area contributed by atoms with Crippen molar-refractivity contribution in [1.29, 1.82) is 0 Å². The van der Waals surface area contributed by atoms with Crippen molar-refractivity contribution in [1.82, 2.24) is 9.55 Å². The summed E-state index contributed by atoms with van der Waals surface area (Å²) in [5.74, 6) is 4.94. The Labute approximate surface area is 95.4 Å². The lowest BCUT2D eigenvalue weighted by molar-refractivity contribution is 0.590. The molecule has 0 aromatic carbocycles. The van der Waals surface area contributed by atoms with Crippen LogP contribution in [0.5, 0.6) is 0 Å². The Hall–Kier alpha value is -0.640. The molecule has 1 aliphatic heterocycles. The molecule has 1 atom stereocenters. The van der Waals surface area contributed by atoms with Gasteiger partial charge in [-0.3, -0.25) is 0 Å². The van der Waals surface area contributed by atoms with Crippen LogP contribution in [-0.4, -0.2) is 21.1 Å². The number of hydrogen-bond donors (Lipinski definition) is 1. The molecule has 0 amide bonds. The van der Waals surface area contributed by atoms with Crippen molar-refractivity contribution in [2.24, 2.45) is 0 Å². The first-order valence-corrected chi connectivity index (χ1v) is 6.68. The molecule has 1 unspecified atom stereocenters. The Balaban J connectivity index is 2.36. The molecule has 2 heterocycles. The second kappa shape index (κ2) is 4.08. The minimum absolute atomic E-state index is 0.403. The van der Waals surface area contributed by atoms with Crippen LogP contribution < -0.4 is 5.73 Å². The van der Waals surface area contributed by atoms with Crippen molar-refractivity contribution in [2.75, 3.05) is 17.2 Å². The van der Waals surface area contributed by atoms with Gasteiger partial charge < -0.3 is 10.3 Å². The summed E-state index contributed by atoms with van der Waals surface area (Å²) < 4.78 is 2.14. The molecule has 0 saturated carbocycles. The first-order valence-electron chi connectivity index (χ1n) is 5.53. The summed E-state index contributed by atoms with van der Waals surface area (Å²) in [6.45, 7) is 6.35. The van der Waals surface area contributed by atoms with Gasteiger partial charge in [0.15, 0.2) is 0 Å². The van der Waals surface area contributed by atoms with E-state index in [2.05, 4.69) is 23.4 Å². The van der Waals surface area contributed by atoms with Crippen LogP contribution in [0.4, 0.5) is 5.82 Å². The Morgan fingerprint density at radius 3 is 2.73 bits per heavy atom. The number of aromatic nitrogens is 2. The van der Waals surface area contributed by atoms with Gasteiger partial charge in [0.25, 0.3) is 0 Å².